The summed E-state index contributed by atoms with van der Waals surface area (Å²) in [5.41, 5.74) is 2.21. The van der Waals surface area contributed by atoms with Crippen molar-refractivity contribution in [2.24, 2.45) is 0 Å². The summed E-state index contributed by atoms with van der Waals surface area (Å²) >= 11 is 5.84. The number of hydrogen-bond acceptors (Lipinski definition) is 2. The molecule has 3 nitrogen and oxygen atoms in total. The van der Waals surface area contributed by atoms with Gasteiger partial charge in [0.1, 0.15) is 5.75 Å². The maximum Gasteiger partial charge on any atom is 0.267 e. The van der Waals surface area contributed by atoms with Gasteiger partial charge < -0.3 is 9.64 Å². The van der Waals surface area contributed by atoms with Crippen LogP contribution in [0.4, 0.5) is 5.69 Å². The number of nitrogens with zero attached hydrogens (tertiary/aromatic N) is 1. The van der Waals surface area contributed by atoms with E-state index < -0.39 is 6.10 Å². The van der Waals surface area contributed by atoms with E-state index in [0.717, 1.165) is 12.1 Å². The second kappa shape index (κ2) is 5.78. The van der Waals surface area contributed by atoms with E-state index in [2.05, 4.69) is 6.07 Å². The Morgan fingerprint density at radius 3 is 2.67 bits per heavy atom. The van der Waals surface area contributed by atoms with E-state index in [4.69, 9.17) is 16.3 Å². The van der Waals surface area contributed by atoms with Crippen LogP contribution in [-0.4, -0.2) is 18.6 Å². The lowest BCUT2D eigenvalue weighted by atomic mass is 10.2. The molecule has 0 saturated heterocycles. The smallest absolute Gasteiger partial charge is 0.267 e. The molecule has 0 saturated carbocycles. The van der Waals surface area contributed by atoms with Crippen molar-refractivity contribution in [2.45, 2.75) is 19.4 Å². The Labute approximate surface area is 129 Å². The van der Waals surface area contributed by atoms with Gasteiger partial charge in [-0.15, -0.1) is 0 Å². The molecular weight excluding hydrogens is 286 g/mol. The summed E-state index contributed by atoms with van der Waals surface area (Å²) in [4.78, 5) is 14.4. The van der Waals surface area contributed by atoms with Crippen molar-refractivity contribution in [3.63, 3.8) is 0 Å². The van der Waals surface area contributed by atoms with Crippen LogP contribution in [0.15, 0.2) is 48.5 Å². The van der Waals surface area contributed by atoms with Gasteiger partial charge in [0.25, 0.3) is 5.91 Å². The lowest BCUT2D eigenvalue weighted by Gasteiger charge is -2.22. The van der Waals surface area contributed by atoms with Gasteiger partial charge >= 0.3 is 0 Å². The Morgan fingerprint density at radius 2 is 1.90 bits per heavy atom. The van der Waals surface area contributed by atoms with Gasteiger partial charge in [0.15, 0.2) is 6.10 Å². The number of halogens is 1. The predicted molar refractivity (Wildman–Crippen MR) is 84.0 cm³/mol. The van der Waals surface area contributed by atoms with E-state index in [9.17, 15) is 4.79 Å². The van der Waals surface area contributed by atoms with Crippen LogP contribution in [0.25, 0.3) is 0 Å². The predicted octanol–water partition coefficient (Wildman–Crippen LogP) is 3.70. The summed E-state index contributed by atoms with van der Waals surface area (Å²) in [6.45, 7) is 2.49. The average molecular weight is 302 g/mol. The molecule has 21 heavy (non-hydrogen) atoms. The van der Waals surface area contributed by atoms with Crippen LogP contribution in [0, 0.1) is 0 Å². The second-order valence-electron chi connectivity index (χ2n) is 5.08. The van der Waals surface area contributed by atoms with Crippen LogP contribution in [0.3, 0.4) is 0 Å². The number of hydrogen-bond donors (Lipinski definition) is 0. The normalized spacial score (nSPS) is 14.7. The fourth-order valence-corrected chi connectivity index (χ4v) is 2.68. The van der Waals surface area contributed by atoms with Gasteiger partial charge in [0, 0.05) is 17.3 Å². The van der Waals surface area contributed by atoms with Crippen molar-refractivity contribution < 1.29 is 9.53 Å². The van der Waals surface area contributed by atoms with Crippen molar-refractivity contribution in [2.75, 3.05) is 11.4 Å². The highest BCUT2D eigenvalue weighted by Crippen LogP contribution is 2.28. The summed E-state index contributed by atoms with van der Waals surface area (Å²) in [5.74, 6) is 0.627. The summed E-state index contributed by atoms with van der Waals surface area (Å²) < 4.78 is 5.71. The quantitative estimate of drug-likeness (QED) is 0.865. The minimum Gasteiger partial charge on any atom is -0.481 e. The molecule has 0 N–H and O–H groups in total. The third-order valence-corrected chi connectivity index (χ3v) is 3.88. The van der Waals surface area contributed by atoms with Gasteiger partial charge in [-0.2, -0.15) is 0 Å². The Balaban J connectivity index is 1.72. The van der Waals surface area contributed by atoms with Crippen LogP contribution >= 0.6 is 11.6 Å². The number of para-hydroxylation sites is 1. The molecule has 108 valence electrons. The molecule has 0 spiro atoms. The maximum absolute atomic E-state index is 12.6. The lowest BCUT2D eigenvalue weighted by Crippen LogP contribution is -2.39. The highest BCUT2D eigenvalue weighted by atomic mass is 35.5. The first-order valence-corrected chi connectivity index (χ1v) is 7.34. The Morgan fingerprint density at radius 1 is 1.19 bits per heavy atom. The first kappa shape index (κ1) is 14.0. The molecule has 3 rings (SSSR count). The zero-order valence-corrected chi connectivity index (χ0v) is 12.5. The van der Waals surface area contributed by atoms with Crippen LogP contribution in [0.5, 0.6) is 5.75 Å². The van der Waals surface area contributed by atoms with E-state index >= 15 is 0 Å². The average Bonchev–Trinajstić information content (AvgIpc) is 2.92. The summed E-state index contributed by atoms with van der Waals surface area (Å²) in [6.07, 6.45) is 0.368. The molecule has 0 radical (unpaired) electrons. The largest absolute Gasteiger partial charge is 0.481 e. The first-order valence-electron chi connectivity index (χ1n) is 6.96. The van der Waals surface area contributed by atoms with Crippen molar-refractivity contribution in [3.05, 3.63) is 59.1 Å². The molecule has 1 atom stereocenters. The number of fused-ring (bicyclic) bond motifs is 1. The van der Waals surface area contributed by atoms with Gasteiger partial charge in [-0.25, -0.2) is 0 Å². The monoisotopic (exact) mass is 301 g/mol. The van der Waals surface area contributed by atoms with Gasteiger partial charge in [0.2, 0.25) is 0 Å². The fourth-order valence-electron chi connectivity index (χ4n) is 2.55. The number of carbonyl (C=O) groups is 1. The minimum absolute atomic E-state index is 0.0186. The second-order valence-corrected chi connectivity index (χ2v) is 5.52. The highest BCUT2D eigenvalue weighted by molar-refractivity contribution is 6.30. The molecule has 2 aromatic carbocycles. The Hall–Kier alpha value is -2.00. The Kier molecular flexibility index (Phi) is 3.84. The topological polar surface area (TPSA) is 29.5 Å². The van der Waals surface area contributed by atoms with Gasteiger partial charge in [-0.1, -0.05) is 29.8 Å². The molecule has 0 unspecified atom stereocenters. The summed E-state index contributed by atoms with van der Waals surface area (Å²) in [6, 6.07) is 15.0. The molecule has 1 aliphatic rings. The van der Waals surface area contributed by atoms with E-state index in [1.165, 1.54) is 5.56 Å². The number of anilines is 1. The molecule has 2 aromatic rings. The third kappa shape index (κ3) is 2.88. The van der Waals surface area contributed by atoms with Crippen molar-refractivity contribution in [3.8, 4) is 5.75 Å². The van der Waals surface area contributed by atoms with Crippen molar-refractivity contribution >= 4 is 23.2 Å². The van der Waals surface area contributed by atoms with E-state index in [0.29, 0.717) is 17.3 Å². The Bertz CT molecular complexity index is 654. The van der Waals surface area contributed by atoms with Crippen LogP contribution < -0.4 is 9.64 Å². The fraction of sp³-hybridized carbons (Fsp3) is 0.235. The molecule has 1 heterocycles. The van der Waals surface area contributed by atoms with Crippen molar-refractivity contribution in [1.82, 2.24) is 0 Å². The standard InChI is InChI=1S/C17H16ClNO2/c1-12(21-15-8-6-14(18)7-9-15)17(20)19-11-10-13-4-2-3-5-16(13)19/h2-9,12H,10-11H2,1H3/t12-/m0/s1. The van der Waals surface area contributed by atoms with E-state index in [1.807, 2.05) is 18.2 Å². The maximum atomic E-state index is 12.6. The molecule has 1 amide bonds. The molecule has 0 aromatic heterocycles. The first-order chi connectivity index (χ1) is 10.1. The summed E-state index contributed by atoms with van der Waals surface area (Å²) in [7, 11) is 0. The number of rotatable bonds is 3. The number of carbonyl (C=O) groups excluding carboxylic acids is 1. The lowest BCUT2D eigenvalue weighted by molar-refractivity contribution is -0.124. The minimum atomic E-state index is -0.530. The zero-order chi connectivity index (χ0) is 14.8. The highest BCUT2D eigenvalue weighted by Gasteiger charge is 2.28. The molecule has 0 aliphatic carbocycles. The number of ether oxygens (including phenoxy) is 1. The third-order valence-electron chi connectivity index (χ3n) is 3.63. The SMILES string of the molecule is C[C@H](Oc1ccc(Cl)cc1)C(=O)N1CCc2ccccc21. The zero-order valence-electron chi connectivity index (χ0n) is 11.8. The van der Waals surface area contributed by atoms with Crippen LogP contribution in [0.1, 0.15) is 12.5 Å². The molecular formula is C17H16ClNO2. The van der Waals surface area contributed by atoms with Gasteiger partial charge in [0.05, 0.1) is 0 Å². The van der Waals surface area contributed by atoms with Gasteiger partial charge in [-0.3, -0.25) is 4.79 Å². The molecule has 4 heteroatoms. The molecule has 1 aliphatic heterocycles. The van der Waals surface area contributed by atoms with Crippen LogP contribution in [0.2, 0.25) is 5.02 Å². The van der Waals surface area contributed by atoms with Crippen molar-refractivity contribution in [1.29, 1.82) is 0 Å². The molecule has 0 bridgehead atoms. The van der Waals surface area contributed by atoms with E-state index in [-0.39, 0.29) is 5.91 Å². The summed E-state index contributed by atoms with van der Waals surface area (Å²) in [5, 5.41) is 0.648. The number of benzene rings is 2. The van der Waals surface area contributed by atoms with E-state index in [1.54, 1.807) is 36.1 Å². The molecule has 0 fully saturated rings. The van der Waals surface area contributed by atoms with Crippen LogP contribution in [-0.2, 0) is 11.2 Å². The van der Waals surface area contributed by atoms with Gasteiger partial charge in [-0.05, 0) is 49.2 Å². The number of amides is 1.